The van der Waals surface area contributed by atoms with Gasteiger partial charge in [-0.15, -0.1) is 0 Å². The summed E-state index contributed by atoms with van der Waals surface area (Å²) in [5.74, 6) is 3.06. The van der Waals surface area contributed by atoms with E-state index in [9.17, 15) is 0 Å². The van der Waals surface area contributed by atoms with Crippen LogP contribution in [0.2, 0.25) is 0 Å². The molecule has 0 aliphatic heterocycles. The number of aryl methyl sites for hydroxylation is 2. The summed E-state index contributed by atoms with van der Waals surface area (Å²) in [5, 5.41) is 6.64. The molecule has 0 fully saturated rings. The van der Waals surface area contributed by atoms with Crippen LogP contribution in [-0.4, -0.2) is 49.2 Å². The molecule has 2 aromatic rings. The second kappa shape index (κ2) is 7.78. The number of aromatic nitrogens is 2. The van der Waals surface area contributed by atoms with Gasteiger partial charge in [-0.2, -0.15) is 0 Å². The lowest BCUT2D eigenvalue weighted by atomic mass is 10.2. The lowest BCUT2D eigenvalue weighted by Gasteiger charge is -2.14. The second-order valence-corrected chi connectivity index (χ2v) is 5.74. The van der Waals surface area contributed by atoms with Gasteiger partial charge in [0, 0.05) is 19.2 Å². The van der Waals surface area contributed by atoms with Crippen molar-refractivity contribution in [2.75, 3.05) is 44.9 Å². The van der Waals surface area contributed by atoms with Gasteiger partial charge in [0.1, 0.15) is 23.2 Å². The van der Waals surface area contributed by atoms with Crippen molar-refractivity contribution in [2.45, 2.75) is 13.8 Å². The summed E-state index contributed by atoms with van der Waals surface area (Å²) in [6, 6.07) is 7.91. The molecule has 0 atom stereocenters. The van der Waals surface area contributed by atoms with Crippen molar-refractivity contribution in [2.24, 2.45) is 0 Å². The minimum Gasteiger partial charge on any atom is -0.495 e. The first-order chi connectivity index (χ1) is 11.0. The van der Waals surface area contributed by atoms with E-state index in [1.54, 1.807) is 7.11 Å². The van der Waals surface area contributed by atoms with E-state index in [2.05, 4.69) is 25.5 Å². The largest absolute Gasteiger partial charge is 0.495 e. The van der Waals surface area contributed by atoms with Crippen LogP contribution in [0.3, 0.4) is 0 Å². The molecule has 23 heavy (non-hydrogen) atoms. The maximum Gasteiger partial charge on any atom is 0.142 e. The van der Waals surface area contributed by atoms with Gasteiger partial charge < -0.3 is 20.3 Å². The predicted molar refractivity (Wildman–Crippen MR) is 94.8 cm³/mol. The van der Waals surface area contributed by atoms with Gasteiger partial charge >= 0.3 is 0 Å². The first-order valence-electron chi connectivity index (χ1n) is 7.64. The lowest BCUT2D eigenvalue weighted by molar-refractivity contribution is 0.416. The number of rotatable bonds is 7. The molecule has 2 N–H and O–H groups in total. The second-order valence-electron chi connectivity index (χ2n) is 5.74. The van der Waals surface area contributed by atoms with E-state index in [-0.39, 0.29) is 0 Å². The van der Waals surface area contributed by atoms with Crippen molar-refractivity contribution in [3.63, 3.8) is 0 Å². The number of nitrogens with one attached hydrogen (secondary N) is 2. The standard InChI is InChI=1S/C17H25N5O/c1-12-6-7-15(23-5)14(10-12)21-17-11-16(19-13(2)20-17)18-8-9-22(3)4/h6-7,10-11H,8-9H2,1-5H3,(H2,18,19,20,21). The molecule has 0 saturated carbocycles. The van der Waals surface area contributed by atoms with Crippen molar-refractivity contribution in [3.05, 3.63) is 35.7 Å². The zero-order valence-electron chi connectivity index (χ0n) is 14.5. The monoisotopic (exact) mass is 315 g/mol. The molecule has 0 spiro atoms. The summed E-state index contributed by atoms with van der Waals surface area (Å²) < 4.78 is 5.40. The highest BCUT2D eigenvalue weighted by atomic mass is 16.5. The topological polar surface area (TPSA) is 62.3 Å². The van der Waals surface area contributed by atoms with Gasteiger partial charge in [-0.05, 0) is 45.6 Å². The average molecular weight is 315 g/mol. The van der Waals surface area contributed by atoms with Gasteiger partial charge in [-0.3, -0.25) is 0 Å². The Morgan fingerprint density at radius 2 is 1.83 bits per heavy atom. The Bertz CT molecular complexity index is 657. The third kappa shape index (κ3) is 5.10. The van der Waals surface area contributed by atoms with Crippen LogP contribution in [0, 0.1) is 13.8 Å². The van der Waals surface area contributed by atoms with E-state index in [1.165, 1.54) is 0 Å². The molecule has 1 heterocycles. The summed E-state index contributed by atoms with van der Waals surface area (Å²) in [4.78, 5) is 11.0. The van der Waals surface area contributed by atoms with Crippen LogP contribution < -0.4 is 15.4 Å². The van der Waals surface area contributed by atoms with E-state index >= 15 is 0 Å². The van der Waals surface area contributed by atoms with Crippen LogP contribution in [0.5, 0.6) is 5.75 Å². The van der Waals surface area contributed by atoms with E-state index in [0.717, 1.165) is 41.7 Å². The number of nitrogens with zero attached hydrogens (tertiary/aromatic N) is 3. The molecular formula is C17H25N5O. The van der Waals surface area contributed by atoms with E-state index < -0.39 is 0 Å². The van der Waals surface area contributed by atoms with Gasteiger partial charge in [-0.1, -0.05) is 6.07 Å². The fraction of sp³-hybridized carbons (Fsp3) is 0.412. The molecule has 0 saturated heterocycles. The van der Waals surface area contributed by atoms with Crippen LogP contribution in [0.25, 0.3) is 0 Å². The summed E-state index contributed by atoms with van der Waals surface area (Å²) in [5.41, 5.74) is 2.05. The van der Waals surface area contributed by atoms with Gasteiger partial charge in [0.15, 0.2) is 0 Å². The molecule has 0 aliphatic rings. The Morgan fingerprint density at radius 3 is 2.52 bits per heavy atom. The van der Waals surface area contributed by atoms with Gasteiger partial charge in [0.2, 0.25) is 0 Å². The summed E-state index contributed by atoms with van der Waals surface area (Å²) in [6.07, 6.45) is 0. The number of likely N-dealkylation sites (N-methyl/N-ethyl adjacent to an activating group) is 1. The quantitative estimate of drug-likeness (QED) is 0.819. The maximum absolute atomic E-state index is 5.40. The lowest BCUT2D eigenvalue weighted by Crippen LogP contribution is -2.21. The molecule has 1 aromatic carbocycles. The SMILES string of the molecule is COc1ccc(C)cc1Nc1cc(NCCN(C)C)nc(C)n1. The minimum atomic E-state index is 0.717. The zero-order chi connectivity index (χ0) is 16.8. The summed E-state index contributed by atoms with van der Waals surface area (Å²) >= 11 is 0. The first-order valence-corrected chi connectivity index (χ1v) is 7.64. The highest BCUT2D eigenvalue weighted by Crippen LogP contribution is 2.28. The Balaban J connectivity index is 2.17. The van der Waals surface area contributed by atoms with E-state index in [4.69, 9.17) is 4.74 Å². The molecule has 6 heteroatoms. The van der Waals surface area contributed by atoms with Gasteiger partial charge in [0.05, 0.1) is 12.8 Å². The minimum absolute atomic E-state index is 0.717. The predicted octanol–water partition coefficient (Wildman–Crippen LogP) is 2.82. The van der Waals surface area contributed by atoms with Crippen LogP contribution in [-0.2, 0) is 0 Å². The number of hydrogen-bond donors (Lipinski definition) is 2. The summed E-state index contributed by atoms with van der Waals surface area (Å²) in [6.45, 7) is 5.70. The van der Waals surface area contributed by atoms with Gasteiger partial charge in [-0.25, -0.2) is 9.97 Å². The Kier molecular flexibility index (Phi) is 5.76. The molecule has 0 bridgehead atoms. The van der Waals surface area contributed by atoms with Crippen LogP contribution in [0.1, 0.15) is 11.4 Å². The van der Waals surface area contributed by atoms with Crippen LogP contribution >= 0.6 is 0 Å². The summed E-state index contributed by atoms with van der Waals surface area (Å²) in [7, 11) is 5.75. The smallest absolute Gasteiger partial charge is 0.142 e. The molecule has 124 valence electrons. The van der Waals surface area contributed by atoms with E-state index in [0.29, 0.717) is 5.82 Å². The molecule has 0 radical (unpaired) electrons. The van der Waals surface area contributed by atoms with Crippen molar-refractivity contribution in [3.8, 4) is 5.75 Å². The number of benzene rings is 1. The van der Waals surface area contributed by atoms with Crippen molar-refractivity contribution < 1.29 is 4.74 Å². The maximum atomic E-state index is 5.40. The number of anilines is 3. The highest BCUT2D eigenvalue weighted by Gasteiger charge is 2.07. The fourth-order valence-corrected chi connectivity index (χ4v) is 2.19. The fourth-order valence-electron chi connectivity index (χ4n) is 2.19. The third-order valence-corrected chi connectivity index (χ3v) is 3.32. The molecule has 2 rings (SSSR count). The zero-order valence-corrected chi connectivity index (χ0v) is 14.5. The van der Waals surface area contributed by atoms with E-state index in [1.807, 2.05) is 52.2 Å². The van der Waals surface area contributed by atoms with Gasteiger partial charge in [0.25, 0.3) is 0 Å². The number of methoxy groups -OCH3 is 1. The Labute approximate surface area is 137 Å². The molecule has 0 amide bonds. The highest BCUT2D eigenvalue weighted by molar-refractivity contribution is 5.66. The van der Waals surface area contributed by atoms with Crippen molar-refractivity contribution in [1.29, 1.82) is 0 Å². The number of ether oxygens (including phenoxy) is 1. The third-order valence-electron chi connectivity index (χ3n) is 3.32. The normalized spacial score (nSPS) is 10.7. The number of hydrogen-bond acceptors (Lipinski definition) is 6. The molecule has 0 unspecified atom stereocenters. The molecular weight excluding hydrogens is 290 g/mol. The first kappa shape index (κ1) is 17.0. The Morgan fingerprint density at radius 1 is 1.09 bits per heavy atom. The van der Waals surface area contributed by atoms with Crippen molar-refractivity contribution >= 4 is 17.3 Å². The molecule has 6 nitrogen and oxygen atoms in total. The van der Waals surface area contributed by atoms with Crippen molar-refractivity contribution in [1.82, 2.24) is 14.9 Å². The van der Waals surface area contributed by atoms with Crippen LogP contribution in [0.15, 0.2) is 24.3 Å². The molecule has 1 aromatic heterocycles. The Hall–Kier alpha value is -2.34. The average Bonchev–Trinajstić information content (AvgIpc) is 2.46. The molecule has 0 aliphatic carbocycles. The van der Waals surface area contributed by atoms with Crippen LogP contribution in [0.4, 0.5) is 17.3 Å².